The summed E-state index contributed by atoms with van der Waals surface area (Å²) >= 11 is 0. The fraction of sp³-hybridized carbons (Fsp3) is 0.417. The highest BCUT2D eigenvalue weighted by molar-refractivity contribution is 5.81. The van der Waals surface area contributed by atoms with E-state index in [1.165, 1.54) is 23.3 Å². The number of methoxy groups -OCH3 is 2. The molecule has 32 heavy (non-hydrogen) atoms. The standard InChI is InChI=1S/C24H31FN4O3/c1-4-26-24(28-10-9-27-23(30)13-17-6-5-7-20(25)12-17)29-11-8-18-14-21(31-2)22(32-3)15-19(18)16-29/h5-7,12,14-15H,4,8-11,13,16H2,1-3H3,(H,26,28)(H,27,30). The molecule has 0 aliphatic carbocycles. The van der Waals surface area contributed by atoms with Crippen LogP contribution in [0, 0.1) is 5.82 Å². The molecule has 2 aromatic carbocycles. The maximum Gasteiger partial charge on any atom is 0.224 e. The molecule has 2 N–H and O–H groups in total. The lowest BCUT2D eigenvalue weighted by atomic mass is 9.99. The Hall–Kier alpha value is -3.29. The summed E-state index contributed by atoms with van der Waals surface area (Å²) in [7, 11) is 3.28. The molecule has 7 nitrogen and oxygen atoms in total. The van der Waals surface area contributed by atoms with Crippen LogP contribution in [0.5, 0.6) is 11.5 Å². The average molecular weight is 443 g/mol. The van der Waals surface area contributed by atoms with Gasteiger partial charge < -0.3 is 25.0 Å². The van der Waals surface area contributed by atoms with E-state index in [1.807, 2.05) is 19.1 Å². The van der Waals surface area contributed by atoms with E-state index in [-0.39, 0.29) is 18.1 Å². The summed E-state index contributed by atoms with van der Waals surface area (Å²) in [5.41, 5.74) is 3.08. The minimum atomic E-state index is -0.339. The molecule has 1 amide bonds. The zero-order chi connectivity index (χ0) is 22.9. The fourth-order valence-electron chi connectivity index (χ4n) is 3.74. The number of hydrogen-bond acceptors (Lipinski definition) is 4. The first kappa shape index (κ1) is 23.4. The van der Waals surface area contributed by atoms with E-state index >= 15 is 0 Å². The molecule has 1 aliphatic heterocycles. The Bertz CT molecular complexity index is 964. The normalized spacial score (nSPS) is 13.4. The van der Waals surface area contributed by atoms with Crippen LogP contribution in [-0.4, -0.2) is 57.2 Å². The van der Waals surface area contributed by atoms with Gasteiger partial charge in [-0.05, 0) is 54.3 Å². The zero-order valence-electron chi connectivity index (χ0n) is 18.9. The number of fused-ring (bicyclic) bond motifs is 1. The summed E-state index contributed by atoms with van der Waals surface area (Å²) in [5.74, 6) is 1.79. The molecule has 0 unspecified atom stereocenters. The van der Waals surface area contributed by atoms with Gasteiger partial charge in [-0.15, -0.1) is 0 Å². The molecule has 0 spiro atoms. The smallest absolute Gasteiger partial charge is 0.224 e. The Labute approximate surface area is 188 Å². The van der Waals surface area contributed by atoms with Crippen molar-refractivity contribution in [1.29, 1.82) is 0 Å². The summed E-state index contributed by atoms with van der Waals surface area (Å²) in [4.78, 5) is 19.0. The fourth-order valence-corrected chi connectivity index (χ4v) is 3.74. The van der Waals surface area contributed by atoms with E-state index in [9.17, 15) is 9.18 Å². The van der Waals surface area contributed by atoms with Crippen molar-refractivity contribution in [2.75, 3.05) is 40.4 Å². The number of rotatable bonds is 8. The predicted molar refractivity (Wildman–Crippen MR) is 123 cm³/mol. The Morgan fingerprint density at radius 1 is 1.12 bits per heavy atom. The highest BCUT2D eigenvalue weighted by atomic mass is 19.1. The van der Waals surface area contributed by atoms with Crippen LogP contribution in [0.2, 0.25) is 0 Å². The van der Waals surface area contributed by atoms with Crippen LogP contribution in [0.3, 0.4) is 0 Å². The van der Waals surface area contributed by atoms with Crippen LogP contribution in [0.25, 0.3) is 0 Å². The molecule has 0 fully saturated rings. The highest BCUT2D eigenvalue weighted by Gasteiger charge is 2.21. The maximum absolute atomic E-state index is 13.3. The number of ether oxygens (including phenoxy) is 2. The van der Waals surface area contributed by atoms with Crippen molar-refractivity contribution in [3.05, 3.63) is 58.9 Å². The molecular weight excluding hydrogens is 411 g/mol. The Morgan fingerprint density at radius 2 is 1.88 bits per heavy atom. The zero-order valence-corrected chi connectivity index (χ0v) is 18.9. The highest BCUT2D eigenvalue weighted by Crippen LogP contribution is 2.33. The number of guanidine groups is 1. The topological polar surface area (TPSA) is 75.2 Å². The van der Waals surface area contributed by atoms with Crippen LogP contribution in [0.1, 0.15) is 23.6 Å². The van der Waals surface area contributed by atoms with E-state index in [4.69, 9.17) is 9.47 Å². The van der Waals surface area contributed by atoms with Gasteiger partial charge in [0.05, 0.1) is 27.2 Å². The quantitative estimate of drug-likeness (QED) is 0.373. The number of aliphatic imine (C=N–C) groups is 1. The first-order chi connectivity index (χ1) is 15.5. The van der Waals surface area contributed by atoms with Gasteiger partial charge in [0.1, 0.15) is 5.82 Å². The second kappa shape index (κ2) is 11.4. The van der Waals surface area contributed by atoms with E-state index in [0.717, 1.165) is 37.0 Å². The van der Waals surface area contributed by atoms with Crippen molar-refractivity contribution in [2.45, 2.75) is 26.3 Å². The Balaban J connectivity index is 1.57. The molecule has 0 atom stereocenters. The molecule has 0 aromatic heterocycles. The predicted octanol–water partition coefficient (Wildman–Crippen LogP) is 2.53. The number of nitrogens with one attached hydrogen (secondary N) is 2. The molecule has 0 saturated carbocycles. The number of benzene rings is 2. The lowest BCUT2D eigenvalue weighted by molar-refractivity contribution is -0.120. The van der Waals surface area contributed by atoms with E-state index < -0.39 is 0 Å². The monoisotopic (exact) mass is 442 g/mol. The summed E-state index contributed by atoms with van der Waals surface area (Å²) < 4.78 is 24.1. The Kier molecular flexibility index (Phi) is 8.30. The Morgan fingerprint density at radius 3 is 2.56 bits per heavy atom. The van der Waals surface area contributed by atoms with Crippen LogP contribution in [0.4, 0.5) is 4.39 Å². The van der Waals surface area contributed by atoms with Gasteiger partial charge in [-0.2, -0.15) is 0 Å². The first-order valence-electron chi connectivity index (χ1n) is 10.8. The van der Waals surface area contributed by atoms with Crippen molar-refractivity contribution in [2.24, 2.45) is 4.99 Å². The SMILES string of the molecule is CCNC(=NCCNC(=O)Cc1cccc(F)c1)N1CCc2cc(OC)c(OC)cc2C1. The summed E-state index contributed by atoms with van der Waals surface area (Å²) in [6, 6.07) is 10.2. The lowest BCUT2D eigenvalue weighted by Crippen LogP contribution is -2.44. The van der Waals surface area contributed by atoms with Gasteiger partial charge in [-0.1, -0.05) is 12.1 Å². The lowest BCUT2D eigenvalue weighted by Gasteiger charge is -2.32. The average Bonchev–Trinajstić information content (AvgIpc) is 2.79. The van der Waals surface area contributed by atoms with Gasteiger partial charge in [0.25, 0.3) is 0 Å². The molecule has 172 valence electrons. The second-order valence-electron chi connectivity index (χ2n) is 7.54. The molecule has 0 radical (unpaired) electrons. The maximum atomic E-state index is 13.3. The molecule has 0 saturated heterocycles. The molecule has 1 heterocycles. The van der Waals surface area contributed by atoms with Crippen LogP contribution in [0.15, 0.2) is 41.4 Å². The number of nitrogens with zero attached hydrogens (tertiary/aromatic N) is 2. The van der Waals surface area contributed by atoms with Crippen molar-refractivity contribution in [1.82, 2.24) is 15.5 Å². The van der Waals surface area contributed by atoms with Crippen LogP contribution >= 0.6 is 0 Å². The minimum Gasteiger partial charge on any atom is -0.493 e. The number of hydrogen-bond donors (Lipinski definition) is 2. The second-order valence-corrected chi connectivity index (χ2v) is 7.54. The number of carbonyl (C=O) groups excluding carboxylic acids is 1. The van der Waals surface area contributed by atoms with Crippen molar-refractivity contribution < 1.29 is 18.7 Å². The van der Waals surface area contributed by atoms with Gasteiger partial charge in [0, 0.05) is 26.2 Å². The molecule has 3 rings (SSSR count). The number of halogens is 1. The van der Waals surface area contributed by atoms with E-state index in [2.05, 4.69) is 20.5 Å². The molecule has 1 aliphatic rings. The van der Waals surface area contributed by atoms with Gasteiger partial charge in [0.15, 0.2) is 17.5 Å². The third-order valence-electron chi connectivity index (χ3n) is 5.30. The molecule has 0 bridgehead atoms. The van der Waals surface area contributed by atoms with E-state index in [0.29, 0.717) is 25.2 Å². The molecule has 8 heteroatoms. The first-order valence-corrected chi connectivity index (χ1v) is 10.8. The van der Waals surface area contributed by atoms with Gasteiger partial charge in [-0.3, -0.25) is 9.79 Å². The van der Waals surface area contributed by atoms with Gasteiger partial charge in [-0.25, -0.2) is 4.39 Å². The van der Waals surface area contributed by atoms with Crippen molar-refractivity contribution in [3.8, 4) is 11.5 Å². The van der Waals surface area contributed by atoms with Crippen molar-refractivity contribution >= 4 is 11.9 Å². The van der Waals surface area contributed by atoms with Crippen LogP contribution < -0.4 is 20.1 Å². The third-order valence-corrected chi connectivity index (χ3v) is 5.30. The van der Waals surface area contributed by atoms with Crippen molar-refractivity contribution in [3.63, 3.8) is 0 Å². The third kappa shape index (κ3) is 6.12. The minimum absolute atomic E-state index is 0.149. The van der Waals surface area contributed by atoms with Gasteiger partial charge in [0.2, 0.25) is 5.91 Å². The van der Waals surface area contributed by atoms with Gasteiger partial charge >= 0.3 is 0 Å². The van der Waals surface area contributed by atoms with E-state index in [1.54, 1.807) is 26.4 Å². The summed E-state index contributed by atoms with van der Waals surface area (Å²) in [6.45, 7) is 5.20. The van der Waals surface area contributed by atoms with Crippen LogP contribution in [-0.2, 0) is 24.2 Å². The summed E-state index contributed by atoms with van der Waals surface area (Å²) in [6.07, 6.45) is 1.03. The number of carbonyl (C=O) groups is 1. The molecular formula is C24H31FN4O3. The largest absolute Gasteiger partial charge is 0.493 e. The summed E-state index contributed by atoms with van der Waals surface area (Å²) in [5, 5.41) is 6.18. The number of amides is 1. The molecule has 2 aromatic rings.